The van der Waals surface area contributed by atoms with Crippen LogP contribution < -0.4 is 5.32 Å². The van der Waals surface area contributed by atoms with Crippen LogP contribution in [0.5, 0.6) is 0 Å². The highest BCUT2D eigenvalue weighted by Crippen LogP contribution is 2.23. The number of nitrogens with zero attached hydrogens (tertiary/aromatic N) is 3. The Morgan fingerprint density at radius 1 is 1.26 bits per heavy atom. The average Bonchev–Trinajstić information content (AvgIpc) is 2.88. The van der Waals surface area contributed by atoms with Crippen LogP contribution in [0.25, 0.3) is 5.65 Å². The summed E-state index contributed by atoms with van der Waals surface area (Å²) in [6.45, 7) is 5.81. The molecule has 3 aromatic rings. The summed E-state index contributed by atoms with van der Waals surface area (Å²) in [6, 6.07) is 5.46. The standard InChI is InChI=1S/C17H18N4O2/c1-10-7-13(5-6-14(10)17(22)23-4)20-15-16-18-8-12(3)21(16)9-11(2)19-15/h5-9H,1-4H3,(H,19,20). The van der Waals surface area contributed by atoms with E-state index in [4.69, 9.17) is 4.74 Å². The van der Waals surface area contributed by atoms with Crippen molar-refractivity contribution in [3.63, 3.8) is 0 Å². The third-order valence-corrected chi connectivity index (χ3v) is 3.69. The topological polar surface area (TPSA) is 68.5 Å². The molecule has 0 aliphatic carbocycles. The van der Waals surface area contributed by atoms with Crippen molar-refractivity contribution in [1.82, 2.24) is 14.4 Å². The quantitative estimate of drug-likeness (QED) is 0.752. The lowest BCUT2D eigenvalue weighted by atomic mass is 10.1. The Balaban J connectivity index is 1.99. The van der Waals surface area contributed by atoms with Crippen molar-refractivity contribution in [3.8, 4) is 0 Å². The number of rotatable bonds is 3. The maximum absolute atomic E-state index is 11.7. The van der Waals surface area contributed by atoms with Crippen LogP contribution in [0.3, 0.4) is 0 Å². The zero-order chi connectivity index (χ0) is 16.6. The zero-order valence-electron chi connectivity index (χ0n) is 13.5. The largest absolute Gasteiger partial charge is 0.465 e. The zero-order valence-corrected chi connectivity index (χ0v) is 13.5. The summed E-state index contributed by atoms with van der Waals surface area (Å²) < 4.78 is 6.77. The minimum absolute atomic E-state index is 0.339. The molecular weight excluding hydrogens is 292 g/mol. The highest BCUT2D eigenvalue weighted by molar-refractivity contribution is 5.91. The highest BCUT2D eigenvalue weighted by atomic mass is 16.5. The lowest BCUT2D eigenvalue weighted by Crippen LogP contribution is -2.05. The number of methoxy groups -OCH3 is 1. The van der Waals surface area contributed by atoms with E-state index in [1.54, 1.807) is 6.07 Å². The van der Waals surface area contributed by atoms with E-state index in [1.807, 2.05) is 49.7 Å². The number of esters is 1. The third-order valence-electron chi connectivity index (χ3n) is 3.69. The van der Waals surface area contributed by atoms with Crippen LogP contribution in [0, 0.1) is 20.8 Å². The Labute approximate surface area is 134 Å². The smallest absolute Gasteiger partial charge is 0.338 e. The molecular formula is C17H18N4O2. The predicted octanol–water partition coefficient (Wildman–Crippen LogP) is 3.18. The van der Waals surface area contributed by atoms with E-state index >= 15 is 0 Å². The fraction of sp³-hybridized carbons (Fsp3) is 0.235. The third kappa shape index (κ3) is 2.75. The molecule has 2 aromatic heterocycles. The molecule has 2 heterocycles. The van der Waals surface area contributed by atoms with E-state index < -0.39 is 0 Å². The van der Waals surface area contributed by atoms with Crippen LogP contribution in [0.1, 0.15) is 27.3 Å². The number of carbonyl (C=O) groups is 1. The Hall–Kier alpha value is -2.89. The fourth-order valence-corrected chi connectivity index (χ4v) is 2.53. The molecule has 1 N–H and O–H groups in total. The molecule has 0 saturated heterocycles. The molecule has 118 valence electrons. The van der Waals surface area contributed by atoms with Crippen LogP contribution in [0.15, 0.2) is 30.6 Å². The summed E-state index contributed by atoms with van der Waals surface area (Å²) in [4.78, 5) is 20.6. The SMILES string of the molecule is COC(=O)c1ccc(Nc2nc(C)cn3c(C)cnc23)cc1C. The first kappa shape index (κ1) is 15.0. The van der Waals surface area contributed by atoms with Gasteiger partial charge in [-0.3, -0.25) is 4.40 Å². The van der Waals surface area contributed by atoms with Crippen molar-refractivity contribution < 1.29 is 9.53 Å². The minimum Gasteiger partial charge on any atom is -0.465 e. The van der Waals surface area contributed by atoms with Crippen LogP contribution >= 0.6 is 0 Å². The second-order valence-corrected chi connectivity index (χ2v) is 5.47. The van der Waals surface area contributed by atoms with E-state index in [-0.39, 0.29) is 5.97 Å². The summed E-state index contributed by atoms with van der Waals surface area (Å²) in [7, 11) is 1.38. The first-order chi connectivity index (χ1) is 11.0. The summed E-state index contributed by atoms with van der Waals surface area (Å²) in [6.07, 6.45) is 3.77. The number of anilines is 2. The van der Waals surface area contributed by atoms with Gasteiger partial charge in [-0.15, -0.1) is 0 Å². The number of ether oxygens (including phenoxy) is 1. The van der Waals surface area contributed by atoms with Crippen molar-refractivity contribution in [3.05, 3.63) is 53.1 Å². The van der Waals surface area contributed by atoms with Crippen molar-refractivity contribution in [2.75, 3.05) is 12.4 Å². The molecule has 0 saturated carbocycles. The normalized spacial score (nSPS) is 10.8. The number of aryl methyl sites for hydroxylation is 3. The van der Waals surface area contributed by atoms with Gasteiger partial charge < -0.3 is 10.1 Å². The Bertz CT molecular complexity index is 899. The second kappa shape index (κ2) is 5.72. The first-order valence-electron chi connectivity index (χ1n) is 7.27. The van der Waals surface area contributed by atoms with Gasteiger partial charge in [-0.05, 0) is 44.5 Å². The number of nitrogens with one attached hydrogen (secondary N) is 1. The van der Waals surface area contributed by atoms with Gasteiger partial charge in [0.2, 0.25) is 0 Å². The van der Waals surface area contributed by atoms with Gasteiger partial charge >= 0.3 is 5.97 Å². The van der Waals surface area contributed by atoms with Gasteiger partial charge in [-0.25, -0.2) is 14.8 Å². The molecule has 0 spiro atoms. The van der Waals surface area contributed by atoms with E-state index in [0.717, 1.165) is 28.3 Å². The molecule has 0 unspecified atom stereocenters. The molecule has 0 aliphatic rings. The second-order valence-electron chi connectivity index (χ2n) is 5.47. The van der Waals surface area contributed by atoms with E-state index in [1.165, 1.54) is 7.11 Å². The Morgan fingerprint density at radius 2 is 2.04 bits per heavy atom. The van der Waals surface area contributed by atoms with Gasteiger partial charge in [-0.1, -0.05) is 0 Å². The van der Waals surface area contributed by atoms with E-state index in [0.29, 0.717) is 11.4 Å². The van der Waals surface area contributed by atoms with Gasteiger partial charge in [0.15, 0.2) is 11.5 Å². The number of aromatic nitrogens is 3. The maximum atomic E-state index is 11.7. The van der Waals surface area contributed by atoms with Crippen LogP contribution in [-0.4, -0.2) is 27.4 Å². The van der Waals surface area contributed by atoms with Gasteiger partial charge in [0.1, 0.15) is 0 Å². The van der Waals surface area contributed by atoms with E-state index in [9.17, 15) is 4.79 Å². The molecule has 6 nitrogen and oxygen atoms in total. The predicted molar refractivity (Wildman–Crippen MR) is 88.3 cm³/mol. The van der Waals surface area contributed by atoms with Crippen molar-refractivity contribution in [2.45, 2.75) is 20.8 Å². The fourth-order valence-electron chi connectivity index (χ4n) is 2.53. The number of hydrogen-bond donors (Lipinski definition) is 1. The maximum Gasteiger partial charge on any atom is 0.338 e. The number of benzene rings is 1. The van der Waals surface area contributed by atoms with Gasteiger partial charge in [0.05, 0.1) is 18.4 Å². The number of imidazole rings is 1. The minimum atomic E-state index is -0.339. The molecule has 23 heavy (non-hydrogen) atoms. The first-order valence-corrected chi connectivity index (χ1v) is 7.27. The highest BCUT2D eigenvalue weighted by Gasteiger charge is 2.12. The van der Waals surface area contributed by atoms with Crippen LogP contribution in [0.2, 0.25) is 0 Å². The molecule has 0 atom stereocenters. The van der Waals surface area contributed by atoms with Gasteiger partial charge in [0, 0.05) is 23.8 Å². The number of carbonyl (C=O) groups excluding carboxylic acids is 1. The number of hydrogen-bond acceptors (Lipinski definition) is 5. The molecule has 6 heteroatoms. The lowest BCUT2D eigenvalue weighted by molar-refractivity contribution is 0.0600. The Morgan fingerprint density at radius 3 is 2.74 bits per heavy atom. The summed E-state index contributed by atoms with van der Waals surface area (Å²) in [5.74, 6) is 0.345. The molecule has 1 aromatic carbocycles. The van der Waals surface area contributed by atoms with Crippen molar-refractivity contribution >= 4 is 23.1 Å². The van der Waals surface area contributed by atoms with Crippen LogP contribution in [-0.2, 0) is 4.74 Å². The molecule has 3 rings (SSSR count). The monoisotopic (exact) mass is 310 g/mol. The molecule has 0 fully saturated rings. The Kier molecular flexibility index (Phi) is 3.73. The van der Waals surface area contributed by atoms with Crippen LogP contribution in [0.4, 0.5) is 11.5 Å². The lowest BCUT2D eigenvalue weighted by Gasteiger charge is -2.11. The number of fused-ring (bicyclic) bond motifs is 1. The summed E-state index contributed by atoms with van der Waals surface area (Å²) >= 11 is 0. The summed E-state index contributed by atoms with van der Waals surface area (Å²) in [5, 5.41) is 3.28. The van der Waals surface area contributed by atoms with Gasteiger partial charge in [-0.2, -0.15) is 0 Å². The molecule has 0 aliphatic heterocycles. The molecule has 0 bridgehead atoms. The van der Waals surface area contributed by atoms with Crippen molar-refractivity contribution in [1.29, 1.82) is 0 Å². The molecule has 0 amide bonds. The van der Waals surface area contributed by atoms with Crippen molar-refractivity contribution in [2.24, 2.45) is 0 Å². The molecule has 0 radical (unpaired) electrons. The van der Waals surface area contributed by atoms with Gasteiger partial charge in [0.25, 0.3) is 0 Å². The van der Waals surface area contributed by atoms with E-state index in [2.05, 4.69) is 15.3 Å². The average molecular weight is 310 g/mol. The summed E-state index contributed by atoms with van der Waals surface area (Å²) in [5.41, 5.74) is 4.94.